The fraction of sp³-hybridized carbons (Fsp3) is 0.800. The second kappa shape index (κ2) is 6.59. The first-order chi connectivity index (χ1) is 10.9. The molecule has 128 valence electrons. The Bertz CT molecular complexity index is 622. The van der Waals surface area contributed by atoms with E-state index in [0.29, 0.717) is 6.42 Å². The van der Waals surface area contributed by atoms with Crippen LogP contribution in [0.25, 0.3) is 0 Å². The number of carbonyl (C=O) groups excluding carboxylic acids is 2. The van der Waals surface area contributed by atoms with Gasteiger partial charge < -0.3 is 4.74 Å². The highest BCUT2D eigenvalue weighted by molar-refractivity contribution is 7.91. The molecule has 3 rings (SSSR count). The number of nitrogens with zero attached hydrogens (tertiary/aromatic N) is 2. The van der Waals surface area contributed by atoms with Crippen LogP contribution in [0.5, 0.6) is 0 Å². The minimum Gasteiger partial charge on any atom is -0.458 e. The van der Waals surface area contributed by atoms with Crippen LogP contribution in [0, 0.1) is 0 Å². The third-order valence-corrected chi connectivity index (χ3v) is 6.43. The number of hydrogen-bond donors (Lipinski definition) is 0. The van der Waals surface area contributed by atoms with E-state index in [1.807, 2.05) is 0 Å². The quantitative estimate of drug-likeness (QED) is 0.714. The van der Waals surface area contributed by atoms with Crippen LogP contribution in [0.2, 0.25) is 0 Å². The van der Waals surface area contributed by atoms with Crippen LogP contribution in [-0.4, -0.2) is 54.7 Å². The number of amides is 1. The summed E-state index contributed by atoms with van der Waals surface area (Å²) >= 11 is 0. The number of hydrogen-bond acceptors (Lipinski definition) is 6. The van der Waals surface area contributed by atoms with Crippen LogP contribution in [0.1, 0.15) is 51.4 Å². The molecule has 0 aromatic carbocycles. The van der Waals surface area contributed by atoms with Gasteiger partial charge in [0.2, 0.25) is 5.91 Å². The second-order valence-corrected chi connectivity index (χ2v) is 8.74. The smallest absolute Gasteiger partial charge is 0.354 e. The van der Waals surface area contributed by atoms with Gasteiger partial charge >= 0.3 is 5.97 Å². The van der Waals surface area contributed by atoms with Crippen LogP contribution < -0.4 is 0 Å². The Kier molecular flexibility index (Phi) is 4.70. The molecule has 0 N–H and O–H groups in total. The van der Waals surface area contributed by atoms with Gasteiger partial charge in [-0.25, -0.2) is 18.2 Å². The van der Waals surface area contributed by atoms with E-state index < -0.39 is 21.8 Å². The fourth-order valence-electron chi connectivity index (χ4n) is 3.37. The maximum atomic E-state index is 12.3. The zero-order valence-corrected chi connectivity index (χ0v) is 13.9. The molecule has 3 aliphatic rings. The Morgan fingerprint density at radius 2 is 1.87 bits per heavy atom. The molecule has 1 atom stereocenters. The molecule has 0 aromatic heterocycles. The highest BCUT2D eigenvalue weighted by Crippen LogP contribution is 2.24. The largest absolute Gasteiger partial charge is 0.458 e. The summed E-state index contributed by atoms with van der Waals surface area (Å²) < 4.78 is 28.7. The monoisotopic (exact) mass is 342 g/mol. The van der Waals surface area contributed by atoms with Crippen molar-refractivity contribution in [2.24, 2.45) is 5.10 Å². The third-order valence-electron chi connectivity index (χ3n) is 4.68. The van der Waals surface area contributed by atoms with Gasteiger partial charge in [-0.2, -0.15) is 5.10 Å². The van der Waals surface area contributed by atoms with Crippen LogP contribution in [0.3, 0.4) is 0 Å². The summed E-state index contributed by atoms with van der Waals surface area (Å²) in [5.41, 5.74) is 0.236. The highest BCUT2D eigenvalue weighted by Gasteiger charge is 2.37. The molecule has 2 aliphatic heterocycles. The number of carbonyl (C=O) groups is 2. The zero-order valence-electron chi connectivity index (χ0n) is 13.1. The normalized spacial score (nSPS) is 28.5. The molecule has 1 saturated heterocycles. The van der Waals surface area contributed by atoms with Crippen LogP contribution in [-0.2, 0) is 24.2 Å². The standard InChI is InChI=1S/C15H22N2O5S/c18-14-7-6-13(15(19)22-12-4-2-1-3-5-12)16-17(14)11-8-9-23(20,21)10-11/h11-12H,1-10H2/t11-/m1/s1. The lowest BCUT2D eigenvalue weighted by atomic mass is 9.98. The summed E-state index contributed by atoms with van der Waals surface area (Å²) in [5.74, 6) is -0.692. The Hall–Kier alpha value is -1.44. The Labute approximate surface area is 136 Å². The molecule has 8 heteroatoms. The van der Waals surface area contributed by atoms with Gasteiger partial charge in [-0.1, -0.05) is 6.42 Å². The molecule has 7 nitrogen and oxygen atoms in total. The molecule has 0 unspecified atom stereocenters. The van der Waals surface area contributed by atoms with E-state index in [9.17, 15) is 18.0 Å². The van der Waals surface area contributed by atoms with Gasteiger partial charge in [0.15, 0.2) is 9.84 Å². The predicted octanol–water partition coefficient (Wildman–Crippen LogP) is 1.03. The summed E-state index contributed by atoms with van der Waals surface area (Å²) in [4.78, 5) is 24.3. The number of rotatable bonds is 3. The zero-order chi connectivity index (χ0) is 16.4. The van der Waals surface area contributed by atoms with Crippen molar-refractivity contribution < 1.29 is 22.7 Å². The second-order valence-electron chi connectivity index (χ2n) is 6.51. The Morgan fingerprint density at radius 1 is 1.13 bits per heavy atom. The van der Waals surface area contributed by atoms with Gasteiger partial charge in [-0.05, 0) is 32.1 Å². The molecule has 0 spiro atoms. The minimum absolute atomic E-state index is 0.0584. The summed E-state index contributed by atoms with van der Waals surface area (Å²) in [7, 11) is -3.11. The van der Waals surface area contributed by atoms with Gasteiger partial charge in [-0.3, -0.25) is 4.79 Å². The Balaban J connectivity index is 1.68. The highest BCUT2D eigenvalue weighted by atomic mass is 32.2. The van der Waals surface area contributed by atoms with Crippen molar-refractivity contribution in [1.29, 1.82) is 0 Å². The van der Waals surface area contributed by atoms with Gasteiger partial charge in [-0.15, -0.1) is 0 Å². The van der Waals surface area contributed by atoms with Crippen molar-refractivity contribution in [3.8, 4) is 0 Å². The molecule has 1 aliphatic carbocycles. The first kappa shape index (κ1) is 16.4. The van der Waals surface area contributed by atoms with Crippen LogP contribution in [0.4, 0.5) is 0 Å². The van der Waals surface area contributed by atoms with Gasteiger partial charge in [0.05, 0.1) is 17.5 Å². The van der Waals surface area contributed by atoms with E-state index >= 15 is 0 Å². The molecule has 23 heavy (non-hydrogen) atoms. The van der Waals surface area contributed by atoms with Gasteiger partial charge in [0, 0.05) is 12.8 Å². The van der Waals surface area contributed by atoms with Crippen molar-refractivity contribution >= 4 is 27.4 Å². The Morgan fingerprint density at radius 3 is 2.52 bits per heavy atom. The van der Waals surface area contributed by atoms with Gasteiger partial charge in [0.25, 0.3) is 0 Å². The van der Waals surface area contributed by atoms with Crippen molar-refractivity contribution in [2.45, 2.75) is 63.5 Å². The van der Waals surface area contributed by atoms with E-state index in [2.05, 4.69) is 5.10 Å². The van der Waals surface area contributed by atoms with E-state index in [0.717, 1.165) is 25.7 Å². The average molecular weight is 342 g/mol. The van der Waals surface area contributed by atoms with Crippen molar-refractivity contribution in [3.63, 3.8) is 0 Å². The van der Waals surface area contributed by atoms with E-state index in [1.165, 1.54) is 11.4 Å². The SMILES string of the molecule is O=C(OC1CCCCC1)C1=NN([C@@H]2CCS(=O)(=O)C2)C(=O)CC1. The molecule has 1 saturated carbocycles. The van der Waals surface area contributed by atoms with Crippen LogP contribution >= 0.6 is 0 Å². The molecule has 2 heterocycles. The topological polar surface area (TPSA) is 93.1 Å². The average Bonchev–Trinajstić information content (AvgIpc) is 2.88. The minimum atomic E-state index is -3.11. The maximum absolute atomic E-state index is 12.3. The van der Waals surface area contributed by atoms with Crippen molar-refractivity contribution in [1.82, 2.24) is 5.01 Å². The van der Waals surface area contributed by atoms with Crippen molar-refractivity contribution in [3.05, 3.63) is 0 Å². The lowest BCUT2D eigenvalue weighted by Crippen LogP contribution is -2.42. The summed E-state index contributed by atoms with van der Waals surface area (Å²) in [6.45, 7) is 0. The summed E-state index contributed by atoms with van der Waals surface area (Å²) in [6.07, 6.45) is 5.82. The lowest BCUT2D eigenvalue weighted by molar-refractivity contribution is -0.142. The van der Waals surface area contributed by atoms with E-state index in [1.54, 1.807) is 0 Å². The molecule has 0 radical (unpaired) electrons. The first-order valence-corrected chi connectivity index (χ1v) is 10.1. The molecule has 0 bridgehead atoms. The van der Waals surface area contributed by atoms with Gasteiger partial charge in [0.1, 0.15) is 11.8 Å². The number of ether oxygens (including phenoxy) is 1. The predicted molar refractivity (Wildman–Crippen MR) is 83.5 cm³/mol. The maximum Gasteiger partial charge on any atom is 0.354 e. The molecular weight excluding hydrogens is 320 g/mol. The molecule has 0 aromatic rings. The lowest BCUT2D eigenvalue weighted by Gasteiger charge is -2.28. The summed E-state index contributed by atoms with van der Waals surface area (Å²) in [6, 6.07) is -0.453. The third kappa shape index (κ3) is 3.91. The van der Waals surface area contributed by atoms with E-state index in [-0.39, 0.29) is 42.1 Å². The number of hydrazone groups is 1. The number of esters is 1. The van der Waals surface area contributed by atoms with Crippen LogP contribution in [0.15, 0.2) is 5.10 Å². The molecule has 2 fully saturated rings. The van der Waals surface area contributed by atoms with E-state index in [4.69, 9.17) is 4.74 Å². The molecule has 1 amide bonds. The first-order valence-electron chi connectivity index (χ1n) is 8.25. The number of sulfone groups is 1. The van der Waals surface area contributed by atoms with Crippen molar-refractivity contribution in [2.75, 3.05) is 11.5 Å². The molecular formula is C15H22N2O5S. The summed E-state index contributed by atoms with van der Waals surface area (Å²) in [5, 5.41) is 5.34. The fourth-order valence-corrected chi connectivity index (χ4v) is 5.07.